The molecule has 1 amide bonds. The third-order valence-electron chi connectivity index (χ3n) is 2.89. The van der Waals surface area contributed by atoms with E-state index in [0.29, 0.717) is 6.42 Å². The van der Waals surface area contributed by atoms with Crippen molar-refractivity contribution in [2.45, 2.75) is 32.4 Å². The first-order chi connectivity index (χ1) is 8.50. The van der Waals surface area contributed by atoms with Crippen molar-refractivity contribution in [3.63, 3.8) is 0 Å². The van der Waals surface area contributed by atoms with Crippen LogP contribution in [0, 0.1) is 5.92 Å². The Morgan fingerprint density at radius 2 is 1.94 bits per heavy atom. The lowest BCUT2D eigenvalue weighted by molar-refractivity contribution is -0.122. The van der Waals surface area contributed by atoms with Crippen LogP contribution in [-0.2, 0) is 11.2 Å². The predicted octanol–water partition coefficient (Wildman–Crippen LogP) is 0.690. The van der Waals surface area contributed by atoms with Crippen molar-refractivity contribution in [2.24, 2.45) is 11.7 Å². The molecule has 0 aromatic heterocycles. The van der Waals surface area contributed by atoms with Gasteiger partial charge in [0.2, 0.25) is 5.91 Å². The van der Waals surface area contributed by atoms with E-state index in [1.165, 1.54) is 0 Å². The summed E-state index contributed by atoms with van der Waals surface area (Å²) in [5.74, 6) is -0.103. The van der Waals surface area contributed by atoms with Gasteiger partial charge in [-0.2, -0.15) is 0 Å². The third-order valence-corrected chi connectivity index (χ3v) is 2.89. The van der Waals surface area contributed by atoms with Gasteiger partial charge in [-0.25, -0.2) is 0 Å². The summed E-state index contributed by atoms with van der Waals surface area (Å²) >= 11 is 0. The molecule has 0 heterocycles. The van der Waals surface area contributed by atoms with Gasteiger partial charge >= 0.3 is 0 Å². The number of hydrogen-bond donors (Lipinski definition) is 3. The zero-order valence-electron chi connectivity index (χ0n) is 11.0. The molecule has 4 heteroatoms. The number of benzene rings is 1. The molecule has 0 aliphatic heterocycles. The van der Waals surface area contributed by atoms with Gasteiger partial charge in [0.05, 0.1) is 12.1 Å². The molecule has 4 N–H and O–H groups in total. The van der Waals surface area contributed by atoms with Gasteiger partial charge in [0.1, 0.15) is 0 Å². The fourth-order valence-corrected chi connectivity index (χ4v) is 1.53. The molecule has 0 bridgehead atoms. The van der Waals surface area contributed by atoms with Crippen LogP contribution in [0.3, 0.4) is 0 Å². The average molecular weight is 250 g/mol. The van der Waals surface area contributed by atoms with E-state index in [9.17, 15) is 9.90 Å². The van der Waals surface area contributed by atoms with Gasteiger partial charge in [0.15, 0.2) is 0 Å². The number of nitrogens with one attached hydrogen (secondary N) is 1. The molecule has 1 rings (SSSR count). The Morgan fingerprint density at radius 3 is 2.50 bits per heavy atom. The van der Waals surface area contributed by atoms with Crippen molar-refractivity contribution in [1.82, 2.24) is 5.32 Å². The number of aliphatic hydroxyl groups excluding tert-OH is 1. The molecular weight excluding hydrogens is 228 g/mol. The van der Waals surface area contributed by atoms with Crippen molar-refractivity contribution in [2.75, 3.05) is 6.54 Å². The molecule has 0 aliphatic carbocycles. The SMILES string of the molecule is CC(C)C(O)CNC(=O)C(N)Cc1ccccc1. The van der Waals surface area contributed by atoms with E-state index in [4.69, 9.17) is 5.73 Å². The second-order valence-corrected chi connectivity index (χ2v) is 4.85. The van der Waals surface area contributed by atoms with Gasteiger partial charge in [-0.1, -0.05) is 44.2 Å². The normalized spacial score (nSPS) is 14.3. The molecule has 0 aliphatic rings. The van der Waals surface area contributed by atoms with E-state index in [-0.39, 0.29) is 18.4 Å². The summed E-state index contributed by atoms with van der Waals surface area (Å²) in [7, 11) is 0. The second-order valence-electron chi connectivity index (χ2n) is 4.85. The van der Waals surface area contributed by atoms with Crippen LogP contribution in [0.1, 0.15) is 19.4 Å². The van der Waals surface area contributed by atoms with Crippen LogP contribution in [0.15, 0.2) is 30.3 Å². The quantitative estimate of drug-likeness (QED) is 0.695. The fraction of sp³-hybridized carbons (Fsp3) is 0.500. The number of carbonyl (C=O) groups excluding carboxylic acids is 1. The summed E-state index contributed by atoms with van der Waals surface area (Å²) in [6.45, 7) is 4.06. The van der Waals surface area contributed by atoms with Gasteiger partial charge < -0.3 is 16.2 Å². The van der Waals surface area contributed by atoms with Gasteiger partial charge in [-0.3, -0.25) is 4.79 Å². The van der Waals surface area contributed by atoms with Crippen molar-refractivity contribution in [3.05, 3.63) is 35.9 Å². The zero-order chi connectivity index (χ0) is 13.5. The van der Waals surface area contributed by atoms with Crippen LogP contribution in [-0.4, -0.2) is 29.7 Å². The number of rotatable bonds is 6. The standard InChI is InChI=1S/C14H22N2O2/c1-10(2)13(17)9-16-14(18)12(15)8-11-6-4-3-5-7-11/h3-7,10,12-13,17H,8-9,15H2,1-2H3,(H,16,18). The largest absolute Gasteiger partial charge is 0.391 e. The summed E-state index contributed by atoms with van der Waals surface area (Å²) < 4.78 is 0. The Hall–Kier alpha value is -1.39. The maximum Gasteiger partial charge on any atom is 0.237 e. The zero-order valence-corrected chi connectivity index (χ0v) is 11.0. The monoisotopic (exact) mass is 250 g/mol. The molecule has 2 atom stereocenters. The van der Waals surface area contributed by atoms with Gasteiger partial charge in [-0.05, 0) is 17.9 Å². The highest BCUT2D eigenvalue weighted by molar-refractivity contribution is 5.81. The Labute approximate surface area is 108 Å². The molecule has 0 saturated heterocycles. The van der Waals surface area contributed by atoms with Crippen LogP contribution >= 0.6 is 0 Å². The molecule has 18 heavy (non-hydrogen) atoms. The molecule has 2 unspecified atom stereocenters. The van der Waals surface area contributed by atoms with Gasteiger partial charge in [0, 0.05) is 6.54 Å². The summed E-state index contributed by atoms with van der Waals surface area (Å²) in [4.78, 5) is 11.7. The van der Waals surface area contributed by atoms with Gasteiger partial charge in [-0.15, -0.1) is 0 Å². The van der Waals surface area contributed by atoms with E-state index in [0.717, 1.165) is 5.56 Å². The van der Waals surface area contributed by atoms with Crippen molar-refractivity contribution >= 4 is 5.91 Å². The highest BCUT2D eigenvalue weighted by atomic mass is 16.3. The molecule has 4 nitrogen and oxygen atoms in total. The number of carbonyl (C=O) groups is 1. The molecule has 1 aromatic carbocycles. The fourth-order valence-electron chi connectivity index (χ4n) is 1.53. The Bertz CT molecular complexity index is 365. The van der Waals surface area contributed by atoms with Crippen molar-refractivity contribution in [3.8, 4) is 0 Å². The van der Waals surface area contributed by atoms with E-state index in [2.05, 4.69) is 5.32 Å². The van der Waals surface area contributed by atoms with Gasteiger partial charge in [0.25, 0.3) is 0 Å². The van der Waals surface area contributed by atoms with Crippen LogP contribution in [0.4, 0.5) is 0 Å². The molecular formula is C14H22N2O2. The first-order valence-electron chi connectivity index (χ1n) is 6.26. The molecule has 1 aromatic rings. The molecule has 0 fully saturated rings. The summed E-state index contributed by atoms with van der Waals surface area (Å²) in [6.07, 6.45) is -0.0253. The Balaban J connectivity index is 2.38. The Kier molecular flexibility index (Phi) is 5.82. The van der Waals surface area contributed by atoms with E-state index in [1.54, 1.807) is 0 Å². The predicted molar refractivity (Wildman–Crippen MR) is 72.0 cm³/mol. The van der Waals surface area contributed by atoms with Crippen molar-refractivity contribution < 1.29 is 9.90 Å². The topological polar surface area (TPSA) is 75.3 Å². The van der Waals surface area contributed by atoms with E-state index >= 15 is 0 Å². The summed E-state index contributed by atoms with van der Waals surface area (Å²) in [5.41, 5.74) is 6.85. The molecule has 0 spiro atoms. The van der Waals surface area contributed by atoms with Crippen LogP contribution in [0.5, 0.6) is 0 Å². The lowest BCUT2D eigenvalue weighted by atomic mass is 10.1. The second kappa shape index (κ2) is 7.13. The summed E-state index contributed by atoms with van der Waals surface area (Å²) in [6, 6.07) is 9.07. The van der Waals surface area contributed by atoms with Crippen LogP contribution in [0.2, 0.25) is 0 Å². The lowest BCUT2D eigenvalue weighted by Crippen LogP contribution is -2.45. The number of nitrogens with two attached hydrogens (primary N) is 1. The minimum atomic E-state index is -0.577. The minimum absolute atomic E-state index is 0.121. The van der Waals surface area contributed by atoms with Crippen LogP contribution < -0.4 is 11.1 Å². The maximum absolute atomic E-state index is 11.7. The highest BCUT2D eigenvalue weighted by Crippen LogP contribution is 2.02. The Morgan fingerprint density at radius 1 is 1.33 bits per heavy atom. The van der Waals surface area contributed by atoms with Crippen LogP contribution in [0.25, 0.3) is 0 Å². The molecule has 0 radical (unpaired) electrons. The average Bonchev–Trinajstić information content (AvgIpc) is 2.36. The minimum Gasteiger partial charge on any atom is -0.391 e. The number of aliphatic hydroxyl groups is 1. The first-order valence-corrected chi connectivity index (χ1v) is 6.26. The van der Waals surface area contributed by atoms with E-state index < -0.39 is 12.1 Å². The smallest absolute Gasteiger partial charge is 0.237 e. The molecule has 0 saturated carbocycles. The number of amides is 1. The third kappa shape index (κ3) is 4.85. The number of hydrogen-bond acceptors (Lipinski definition) is 3. The molecule has 100 valence electrons. The van der Waals surface area contributed by atoms with Crippen molar-refractivity contribution in [1.29, 1.82) is 0 Å². The first kappa shape index (κ1) is 14.7. The highest BCUT2D eigenvalue weighted by Gasteiger charge is 2.16. The lowest BCUT2D eigenvalue weighted by Gasteiger charge is -2.17. The maximum atomic E-state index is 11.7. The van der Waals surface area contributed by atoms with E-state index in [1.807, 2.05) is 44.2 Å². The summed E-state index contributed by atoms with van der Waals surface area (Å²) in [5, 5.41) is 12.3.